The standard InChI is InChI=1S/C16H32N2/c1-4-9-17-14-11-15-6-5-7-16(12-14)18(15)10-8-13(2)3/h13-17H,4-12H2,1-3H3. The highest BCUT2D eigenvalue weighted by Crippen LogP contribution is 2.34. The molecular weight excluding hydrogens is 220 g/mol. The summed E-state index contributed by atoms with van der Waals surface area (Å²) in [4.78, 5) is 2.85. The first kappa shape index (κ1) is 14.3. The molecule has 2 aliphatic heterocycles. The van der Waals surface area contributed by atoms with Crippen LogP contribution in [0.25, 0.3) is 0 Å². The number of hydrogen-bond acceptors (Lipinski definition) is 2. The molecule has 0 aliphatic carbocycles. The summed E-state index contributed by atoms with van der Waals surface area (Å²) in [6.07, 6.45) is 9.79. The lowest BCUT2D eigenvalue weighted by atomic mass is 9.81. The van der Waals surface area contributed by atoms with Crippen LogP contribution in [-0.2, 0) is 0 Å². The fourth-order valence-corrected chi connectivity index (χ4v) is 3.77. The molecule has 0 aromatic heterocycles. The lowest BCUT2D eigenvalue weighted by molar-refractivity contribution is 0.0214. The van der Waals surface area contributed by atoms with Crippen molar-refractivity contribution >= 4 is 0 Å². The molecule has 2 unspecified atom stereocenters. The quantitative estimate of drug-likeness (QED) is 0.779. The van der Waals surface area contributed by atoms with Crippen molar-refractivity contribution in [3.05, 3.63) is 0 Å². The molecule has 0 spiro atoms. The van der Waals surface area contributed by atoms with Gasteiger partial charge in [0.2, 0.25) is 0 Å². The fraction of sp³-hybridized carbons (Fsp3) is 1.00. The van der Waals surface area contributed by atoms with E-state index in [2.05, 4.69) is 31.0 Å². The van der Waals surface area contributed by atoms with Crippen molar-refractivity contribution in [2.75, 3.05) is 13.1 Å². The Morgan fingerprint density at radius 1 is 1.17 bits per heavy atom. The topological polar surface area (TPSA) is 15.3 Å². The van der Waals surface area contributed by atoms with E-state index in [4.69, 9.17) is 0 Å². The number of nitrogens with one attached hydrogen (secondary N) is 1. The van der Waals surface area contributed by atoms with Crippen LogP contribution >= 0.6 is 0 Å². The van der Waals surface area contributed by atoms with Crippen molar-refractivity contribution in [1.82, 2.24) is 10.2 Å². The van der Waals surface area contributed by atoms with E-state index in [0.717, 1.165) is 24.0 Å². The Labute approximate surface area is 114 Å². The molecule has 106 valence electrons. The molecule has 2 atom stereocenters. The van der Waals surface area contributed by atoms with Crippen LogP contribution in [0.1, 0.15) is 65.7 Å². The van der Waals surface area contributed by atoms with Crippen LogP contribution in [0.15, 0.2) is 0 Å². The molecule has 18 heavy (non-hydrogen) atoms. The van der Waals surface area contributed by atoms with E-state index in [1.807, 2.05) is 0 Å². The van der Waals surface area contributed by atoms with Gasteiger partial charge >= 0.3 is 0 Å². The maximum absolute atomic E-state index is 3.76. The molecule has 2 fully saturated rings. The first-order chi connectivity index (χ1) is 8.70. The van der Waals surface area contributed by atoms with Gasteiger partial charge in [0.15, 0.2) is 0 Å². The average molecular weight is 252 g/mol. The normalized spacial score (nSPS) is 33.0. The average Bonchev–Trinajstić information content (AvgIpc) is 2.33. The predicted octanol–water partition coefficient (Wildman–Crippen LogP) is 3.42. The maximum Gasteiger partial charge on any atom is 0.0113 e. The van der Waals surface area contributed by atoms with Crippen molar-refractivity contribution in [3.8, 4) is 0 Å². The van der Waals surface area contributed by atoms with Crippen LogP contribution in [0.4, 0.5) is 0 Å². The van der Waals surface area contributed by atoms with Crippen LogP contribution in [0.2, 0.25) is 0 Å². The highest BCUT2D eigenvalue weighted by atomic mass is 15.2. The minimum Gasteiger partial charge on any atom is -0.314 e. The summed E-state index contributed by atoms with van der Waals surface area (Å²) >= 11 is 0. The maximum atomic E-state index is 3.76. The third-order valence-corrected chi connectivity index (χ3v) is 4.77. The third kappa shape index (κ3) is 3.71. The number of nitrogens with zero attached hydrogens (tertiary/aromatic N) is 1. The van der Waals surface area contributed by atoms with Gasteiger partial charge in [-0.25, -0.2) is 0 Å². The van der Waals surface area contributed by atoms with Crippen molar-refractivity contribution in [2.45, 2.75) is 83.8 Å². The molecule has 0 radical (unpaired) electrons. The van der Waals surface area contributed by atoms with Crippen LogP contribution in [-0.4, -0.2) is 36.1 Å². The molecule has 0 aromatic rings. The van der Waals surface area contributed by atoms with Gasteiger partial charge in [-0.05, 0) is 57.5 Å². The summed E-state index contributed by atoms with van der Waals surface area (Å²) in [7, 11) is 0. The van der Waals surface area contributed by atoms with Crippen LogP contribution in [0.5, 0.6) is 0 Å². The van der Waals surface area contributed by atoms with E-state index in [9.17, 15) is 0 Å². The Kier molecular flexibility index (Phi) is 5.50. The molecule has 1 N–H and O–H groups in total. The highest BCUT2D eigenvalue weighted by Gasteiger charge is 2.37. The van der Waals surface area contributed by atoms with Crippen LogP contribution in [0.3, 0.4) is 0 Å². The molecule has 2 saturated heterocycles. The predicted molar refractivity (Wildman–Crippen MR) is 78.9 cm³/mol. The number of hydrogen-bond donors (Lipinski definition) is 1. The van der Waals surface area contributed by atoms with Gasteiger partial charge in [0.05, 0.1) is 0 Å². The molecular formula is C16H32N2. The second-order valence-corrected chi connectivity index (χ2v) is 6.78. The van der Waals surface area contributed by atoms with E-state index in [1.54, 1.807) is 0 Å². The van der Waals surface area contributed by atoms with Crippen LogP contribution in [0, 0.1) is 5.92 Å². The third-order valence-electron chi connectivity index (χ3n) is 4.77. The zero-order valence-corrected chi connectivity index (χ0v) is 12.6. The van der Waals surface area contributed by atoms with Gasteiger partial charge in [-0.3, -0.25) is 4.90 Å². The summed E-state index contributed by atoms with van der Waals surface area (Å²) in [6.45, 7) is 9.52. The Morgan fingerprint density at radius 3 is 2.39 bits per heavy atom. The first-order valence-corrected chi connectivity index (χ1v) is 8.19. The smallest absolute Gasteiger partial charge is 0.0113 e. The largest absolute Gasteiger partial charge is 0.314 e. The molecule has 2 bridgehead atoms. The van der Waals surface area contributed by atoms with E-state index in [0.29, 0.717) is 0 Å². The van der Waals surface area contributed by atoms with Gasteiger partial charge in [0, 0.05) is 18.1 Å². The molecule has 2 heterocycles. The molecule has 0 saturated carbocycles. The molecule has 2 nitrogen and oxygen atoms in total. The molecule has 2 heteroatoms. The second-order valence-electron chi connectivity index (χ2n) is 6.78. The molecule has 0 amide bonds. The Morgan fingerprint density at radius 2 is 1.83 bits per heavy atom. The van der Waals surface area contributed by atoms with Crippen molar-refractivity contribution in [2.24, 2.45) is 5.92 Å². The van der Waals surface area contributed by atoms with Gasteiger partial charge < -0.3 is 5.32 Å². The van der Waals surface area contributed by atoms with Crippen molar-refractivity contribution in [3.63, 3.8) is 0 Å². The Bertz CT molecular complexity index is 225. The van der Waals surface area contributed by atoms with Gasteiger partial charge in [0.1, 0.15) is 0 Å². The molecule has 0 aromatic carbocycles. The Hall–Kier alpha value is -0.0800. The molecule has 2 aliphatic rings. The minimum absolute atomic E-state index is 0.801. The van der Waals surface area contributed by atoms with E-state index < -0.39 is 0 Å². The van der Waals surface area contributed by atoms with Gasteiger partial charge in [-0.2, -0.15) is 0 Å². The van der Waals surface area contributed by atoms with Crippen molar-refractivity contribution < 1.29 is 0 Å². The summed E-state index contributed by atoms with van der Waals surface area (Å²) in [5, 5.41) is 3.76. The number of rotatable bonds is 6. The van der Waals surface area contributed by atoms with Gasteiger partial charge in [-0.1, -0.05) is 27.2 Å². The summed E-state index contributed by atoms with van der Waals surface area (Å²) in [5.74, 6) is 0.849. The van der Waals surface area contributed by atoms with E-state index >= 15 is 0 Å². The van der Waals surface area contributed by atoms with Gasteiger partial charge in [0.25, 0.3) is 0 Å². The monoisotopic (exact) mass is 252 g/mol. The highest BCUT2D eigenvalue weighted by molar-refractivity contribution is 4.94. The number of fused-ring (bicyclic) bond motifs is 2. The van der Waals surface area contributed by atoms with E-state index in [1.165, 1.54) is 58.0 Å². The first-order valence-electron chi connectivity index (χ1n) is 8.19. The molecule has 2 rings (SSSR count). The van der Waals surface area contributed by atoms with E-state index in [-0.39, 0.29) is 0 Å². The summed E-state index contributed by atoms with van der Waals surface area (Å²) in [6, 6.07) is 2.56. The minimum atomic E-state index is 0.801. The summed E-state index contributed by atoms with van der Waals surface area (Å²) in [5.41, 5.74) is 0. The lowest BCUT2D eigenvalue weighted by Crippen LogP contribution is -2.56. The number of piperidine rings is 2. The van der Waals surface area contributed by atoms with Crippen LogP contribution < -0.4 is 5.32 Å². The zero-order valence-electron chi connectivity index (χ0n) is 12.6. The fourth-order valence-electron chi connectivity index (χ4n) is 3.77. The van der Waals surface area contributed by atoms with Gasteiger partial charge in [-0.15, -0.1) is 0 Å². The summed E-state index contributed by atoms with van der Waals surface area (Å²) < 4.78 is 0. The van der Waals surface area contributed by atoms with Crippen molar-refractivity contribution in [1.29, 1.82) is 0 Å². The lowest BCUT2D eigenvalue weighted by Gasteiger charge is -2.49. The Balaban J connectivity index is 1.86. The zero-order chi connectivity index (χ0) is 13.0. The second kappa shape index (κ2) is 6.91. The SMILES string of the molecule is CCCNC1CC2CCCC(C1)N2CCC(C)C.